The van der Waals surface area contributed by atoms with Crippen LogP contribution in [0, 0.1) is 0 Å². The Balaban J connectivity index is 2.02. The average Bonchev–Trinajstić information content (AvgIpc) is 2.89. The van der Waals surface area contributed by atoms with Crippen LogP contribution in [0.25, 0.3) is 22.3 Å². The van der Waals surface area contributed by atoms with Gasteiger partial charge in [0.1, 0.15) is 11.3 Å². The van der Waals surface area contributed by atoms with E-state index in [2.05, 4.69) is 32.9 Å². The fraction of sp³-hybridized carbons (Fsp3) is 0.250. The van der Waals surface area contributed by atoms with Gasteiger partial charge in [0.15, 0.2) is 0 Å². The highest BCUT2D eigenvalue weighted by Gasteiger charge is 2.15. The summed E-state index contributed by atoms with van der Waals surface area (Å²) in [4.78, 5) is 10.8. The van der Waals surface area contributed by atoms with Crippen LogP contribution in [-0.2, 0) is 16.6 Å². The lowest BCUT2D eigenvalue weighted by Crippen LogP contribution is -2.10. The van der Waals surface area contributed by atoms with E-state index >= 15 is 0 Å². The van der Waals surface area contributed by atoms with E-state index in [9.17, 15) is 4.79 Å². The Morgan fingerprint density at radius 3 is 2.57 bits per heavy atom. The predicted molar refractivity (Wildman–Crippen MR) is 91.7 cm³/mol. The number of carbonyl (C=O) groups is 1. The molecule has 0 saturated carbocycles. The maximum absolute atomic E-state index is 10.8. The Labute approximate surface area is 135 Å². The molecule has 0 atom stereocenters. The van der Waals surface area contributed by atoms with Crippen LogP contribution in [0.15, 0.2) is 52.9 Å². The highest BCUT2D eigenvalue weighted by molar-refractivity contribution is 5.84. The molecule has 0 radical (unpaired) electrons. The lowest BCUT2D eigenvalue weighted by molar-refractivity contribution is -0.136. The molecule has 0 amide bonds. The summed E-state index contributed by atoms with van der Waals surface area (Å²) in [5, 5.41) is 9.84. The number of rotatable bonds is 3. The number of fused-ring (bicyclic) bond motifs is 1. The van der Waals surface area contributed by atoms with E-state index in [4.69, 9.17) is 9.52 Å². The minimum atomic E-state index is -0.828. The topological polar surface area (TPSA) is 50.4 Å². The first kappa shape index (κ1) is 15.3. The Hall–Kier alpha value is -2.55. The molecule has 1 N–H and O–H groups in total. The fourth-order valence-corrected chi connectivity index (χ4v) is 2.66. The molecule has 3 rings (SSSR count). The summed E-state index contributed by atoms with van der Waals surface area (Å²) in [5.41, 5.74) is 3.92. The summed E-state index contributed by atoms with van der Waals surface area (Å²) < 4.78 is 5.93. The molecule has 0 aliphatic rings. The number of benzene rings is 2. The zero-order chi connectivity index (χ0) is 16.6. The van der Waals surface area contributed by atoms with Crippen molar-refractivity contribution in [2.24, 2.45) is 0 Å². The molecule has 0 spiro atoms. The van der Waals surface area contributed by atoms with E-state index in [-0.39, 0.29) is 11.8 Å². The maximum Gasteiger partial charge on any atom is 0.307 e. The van der Waals surface area contributed by atoms with Gasteiger partial charge in [-0.05, 0) is 40.8 Å². The van der Waals surface area contributed by atoms with Gasteiger partial charge in [-0.2, -0.15) is 0 Å². The molecule has 1 heterocycles. The van der Waals surface area contributed by atoms with Gasteiger partial charge in [-0.3, -0.25) is 4.79 Å². The van der Waals surface area contributed by atoms with Gasteiger partial charge in [0.2, 0.25) is 0 Å². The summed E-state index contributed by atoms with van der Waals surface area (Å²) in [6.45, 7) is 6.55. The van der Waals surface area contributed by atoms with Crippen molar-refractivity contribution in [3.05, 3.63) is 59.7 Å². The summed E-state index contributed by atoms with van der Waals surface area (Å²) in [6, 6.07) is 15.8. The maximum atomic E-state index is 10.8. The molecule has 0 aliphatic carbocycles. The van der Waals surface area contributed by atoms with Gasteiger partial charge in [0.25, 0.3) is 0 Å². The summed E-state index contributed by atoms with van der Waals surface area (Å²) >= 11 is 0. The summed E-state index contributed by atoms with van der Waals surface area (Å²) in [7, 11) is 0. The van der Waals surface area contributed by atoms with Gasteiger partial charge in [-0.25, -0.2) is 0 Å². The third-order valence-corrected chi connectivity index (χ3v) is 3.95. The summed E-state index contributed by atoms with van der Waals surface area (Å²) in [6.07, 6.45) is 0.0238. The van der Waals surface area contributed by atoms with Crippen LogP contribution in [0.3, 0.4) is 0 Å². The molecule has 1 aromatic heterocycles. The molecular formula is C20H20O3. The lowest BCUT2D eigenvalue weighted by atomic mass is 9.86. The van der Waals surface area contributed by atoms with Crippen molar-refractivity contribution < 1.29 is 14.3 Å². The van der Waals surface area contributed by atoms with Crippen LogP contribution in [0.2, 0.25) is 0 Å². The number of carboxylic acid groups (broad SMARTS) is 1. The SMILES string of the molecule is CC(C)(C)c1cccc(-c2cc3cc(CC(=O)O)ccc3o2)c1. The molecular weight excluding hydrogens is 288 g/mol. The molecule has 23 heavy (non-hydrogen) atoms. The van der Waals surface area contributed by atoms with E-state index in [0.29, 0.717) is 0 Å². The largest absolute Gasteiger partial charge is 0.481 e. The second kappa shape index (κ2) is 5.58. The smallest absolute Gasteiger partial charge is 0.307 e. The molecule has 3 heteroatoms. The monoisotopic (exact) mass is 308 g/mol. The van der Waals surface area contributed by atoms with Crippen molar-refractivity contribution in [1.82, 2.24) is 0 Å². The molecule has 2 aromatic carbocycles. The van der Waals surface area contributed by atoms with E-state index in [1.54, 1.807) is 6.07 Å². The highest BCUT2D eigenvalue weighted by Crippen LogP contribution is 2.31. The normalized spacial score (nSPS) is 11.8. The van der Waals surface area contributed by atoms with Crippen molar-refractivity contribution in [1.29, 1.82) is 0 Å². The van der Waals surface area contributed by atoms with E-state index < -0.39 is 5.97 Å². The third-order valence-electron chi connectivity index (χ3n) is 3.95. The quantitative estimate of drug-likeness (QED) is 0.738. The van der Waals surface area contributed by atoms with E-state index in [0.717, 1.165) is 27.9 Å². The van der Waals surface area contributed by atoms with Crippen molar-refractivity contribution in [2.45, 2.75) is 32.6 Å². The van der Waals surface area contributed by atoms with Crippen LogP contribution < -0.4 is 0 Å². The van der Waals surface area contributed by atoms with Gasteiger partial charge >= 0.3 is 5.97 Å². The molecule has 118 valence electrons. The van der Waals surface area contributed by atoms with Crippen LogP contribution in [0.1, 0.15) is 31.9 Å². The Kier molecular flexibility index (Phi) is 3.72. The van der Waals surface area contributed by atoms with Crippen LogP contribution in [-0.4, -0.2) is 11.1 Å². The molecule has 0 fully saturated rings. The molecule has 3 aromatic rings. The predicted octanol–water partition coefficient (Wildman–Crippen LogP) is 5.02. The lowest BCUT2D eigenvalue weighted by Gasteiger charge is -2.19. The first-order valence-corrected chi connectivity index (χ1v) is 7.68. The second-order valence-electron chi connectivity index (χ2n) is 6.88. The molecule has 3 nitrogen and oxygen atoms in total. The van der Waals surface area contributed by atoms with Gasteiger partial charge in [0.05, 0.1) is 6.42 Å². The van der Waals surface area contributed by atoms with Gasteiger partial charge < -0.3 is 9.52 Å². The molecule has 0 unspecified atom stereocenters. The minimum Gasteiger partial charge on any atom is -0.481 e. The number of hydrogen-bond acceptors (Lipinski definition) is 2. The van der Waals surface area contributed by atoms with Crippen LogP contribution in [0.5, 0.6) is 0 Å². The first-order valence-electron chi connectivity index (χ1n) is 7.68. The van der Waals surface area contributed by atoms with Crippen LogP contribution >= 0.6 is 0 Å². The number of hydrogen-bond donors (Lipinski definition) is 1. The number of furan rings is 1. The average molecular weight is 308 g/mol. The van der Waals surface area contributed by atoms with Crippen molar-refractivity contribution in [3.8, 4) is 11.3 Å². The zero-order valence-corrected chi connectivity index (χ0v) is 13.6. The van der Waals surface area contributed by atoms with Gasteiger partial charge in [-0.15, -0.1) is 0 Å². The fourth-order valence-electron chi connectivity index (χ4n) is 2.66. The number of aliphatic carboxylic acids is 1. The van der Waals surface area contributed by atoms with Gasteiger partial charge in [-0.1, -0.05) is 45.0 Å². The first-order chi connectivity index (χ1) is 10.8. The number of carboxylic acids is 1. The third kappa shape index (κ3) is 3.29. The second-order valence-corrected chi connectivity index (χ2v) is 6.88. The molecule has 0 saturated heterocycles. The van der Waals surface area contributed by atoms with Crippen LogP contribution in [0.4, 0.5) is 0 Å². The van der Waals surface area contributed by atoms with Crippen molar-refractivity contribution >= 4 is 16.9 Å². The minimum absolute atomic E-state index is 0.0238. The van der Waals surface area contributed by atoms with Crippen molar-refractivity contribution in [3.63, 3.8) is 0 Å². The standard InChI is InChI=1S/C20H20O3/c1-20(2,3)16-6-4-5-14(11-16)18-12-15-9-13(10-19(21)22)7-8-17(15)23-18/h4-9,11-12H,10H2,1-3H3,(H,21,22). The summed E-state index contributed by atoms with van der Waals surface area (Å²) in [5.74, 6) is -0.0236. The van der Waals surface area contributed by atoms with E-state index in [1.807, 2.05) is 30.3 Å². The zero-order valence-electron chi connectivity index (χ0n) is 13.6. The molecule has 0 aliphatic heterocycles. The molecule has 0 bridgehead atoms. The Morgan fingerprint density at radius 1 is 1.09 bits per heavy atom. The van der Waals surface area contributed by atoms with E-state index in [1.165, 1.54) is 5.56 Å². The Bertz CT molecular complexity index is 866. The van der Waals surface area contributed by atoms with Gasteiger partial charge in [0, 0.05) is 10.9 Å². The Morgan fingerprint density at radius 2 is 1.87 bits per heavy atom. The highest BCUT2D eigenvalue weighted by atomic mass is 16.4. The van der Waals surface area contributed by atoms with Crippen molar-refractivity contribution in [2.75, 3.05) is 0 Å².